The number of carbonyl (C=O) groups excluding carboxylic acids is 2. The summed E-state index contributed by atoms with van der Waals surface area (Å²) < 4.78 is 67.3. The number of rotatable bonds is 8. The first-order valence-corrected chi connectivity index (χ1v) is 14.4. The van der Waals surface area contributed by atoms with E-state index < -0.39 is 79.9 Å². The van der Waals surface area contributed by atoms with Gasteiger partial charge < -0.3 is 26.0 Å². The van der Waals surface area contributed by atoms with Crippen LogP contribution in [0.15, 0.2) is 35.2 Å². The van der Waals surface area contributed by atoms with Gasteiger partial charge in [-0.2, -0.15) is 0 Å². The third-order valence-electron chi connectivity index (χ3n) is 8.44. The lowest BCUT2D eigenvalue weighted by molar-refractivity contribution is -0.174. The number of hydrogen-bond acceptors (Lipinski definition) is 7. The van der Waals surface area contributed by atoms with Crippen LogP contribution in [0.25, 0.3) is 0 Å². The normalized spacial score (nSPS) is 30.8. The molecule has 40 heavy (non-hydrogen) atoms. The van der Waals surface area contributed by atoms with Gasteiger partial charge >= 0.3 is 0 Å². The Morgan fingerprint density at radius 1 is 1.02 bits per heavy atom. The number of aliphatic hydroxyl groups excluding tert-OH is 1. The van der Waals surface area contributed by atoms with E-state index in [1.807, 2.05) is 0 Å². The van der Waals surface area contributed by atoms with Gasteiger partial charge in [0.1, 0.15) is 5.60 Å². The first kappa shape index (κ1) is 28.8. The zero-order valence-electron chi connectivity index (χ0n) is 20.8. The lowest BCUT2D eigenvalue weighted by Crippen LogP contribution is -2.66. The number of carbonyl (C=O) groups is 2. The van der Waals surface area contributed by atoms with Gasteiger partial charge in [0.05, 0.1) is 33.3 Å². The summed E-state index contributed by atoms with van der Waals surface area (Å²) in [6.07, 6.45) is 0.839. The number of nitrogens with one attached hydrogen (secondary N) is 2. The number of hydrogen-bond donors (Lipinski definition) is 5. The molecule has 5 N–H and O–H groups in total. The highest BCUT2D eigenvalue weighted by Gasteiger charge is 2.61. The summed E-state index contributed by atoms with van der Waals surface area (Å²) in [6.45, 7) is -0.665. The zero-order valence-corrected chi connectivity index (χ0v) is 22.4. The Labute approximate surface area is 232 Å². The number of benzene rings is 2. The number of halogens is 4. The molecule has 0 aliphatic heterocycles. The van der Waals surface area contributed by atoms with E-state index in [9.17, 15) is 41.4 Å². The van der Waals surface area contributed by atoms with Crippen molar-refractivity contribution >= 4 is 38.9 Å². The number of sulfone groups is 1. The Hall–Kier alpha value is -2.71. The Kier molecular flexibility index (Phi) is 7.19. The van der Waals surface area contributed by atoms with Crippen LogP contribution in [0.1, 0.15) is 36.0 Å². The molecule has 14 heteroatoms. The highest BCUT2D eigenvalue weighted by Crippen LogP contribution is 2.55. The van der Waals surface area contributed by atoms with Crippen LogP contribution in [0.4, 0.5) is 18.9 Å². The maximum Gasteiger partial charge on any atom is 0.255 e. The Balaban J connectivity index is 1.27. The SMILES string of the molecule is O=C(Nc1cc(F)c(F)c(F)c1)c1ccc(Cl)c(S(=O)(=O)C2CC3CC(C2)C3(O)CNC(=O)C2CC2(O)CO)c1. The van der Waals surface area contributed by atoms with E-state index in [1.165, 1.54) is 12.1 Å². The highest BCUT2D eigenvalue weighted by atomic mass is 35.5. The van der Waals surface area contributed by atoms with Gasteiger partial charge in [-0.3, -0.25) is 9.59 Å². The second-order valence-electron chi connectivity index (χ2n) is 10.8. The molecule has 9 nitrogen and oxygen atoms in total. The minimum atomic E-state index is -4.09. The molecule has 0 aromatic heterocycles. The molecule has 2 amide bonds. The van der Waals surface area contributed by atoms with Gasteiger partial charge in [-0.05, 0) is 55.7 Å². The average molecular weight is 603 g/mol. The second-order valence-corrected chi connectivity index (χ2v) is 13.5. The predicted molar refractivity (Wildman–Crippen MR) is 136 cm³/mol. The summed E-state index contributed by atoms with van der Waals surface area (Å²) in [7, 11) is -4.09. The van der Waals surface area contributed by atoms with Gasteiger partial charge in [0.2, 0.25) is 5.91 Å². The molecule has 6 rings (SSSR count). The van der Waals surface area contributed by atoms with Gasteiger partial charge in [-0.25, -0.2) is 21.6 Å². The van der Waals surface area contributed by atoms with Gasteiger partial charge in [-0.15, -0.1) is 0 Å². The first-order valence-electron chi connectivity index (χ1n) is 12.5. The van der Waals surface area contributed by atoms with Crippen molar-refractivity contribution in [1.82, 2.24) is 5.32 Å². The van der Waals surface area contributed by atoms with Crippen LogP contribution in [0, 0.1) is 35.2 Å². The Bertz CT molecular complexity index is 1470. The van der Waals surface area contributed by atoms with E-state index in [2.05, 4.69) is 10.6 Å². The minimum absolute atomic E-state index is 0.0795. The number of anilines is 1. The van der Waals surface area contributed by atoms with Crippen LogP contribution in [-0.4, -0.2) is 65.2 Å². The van der Waals surface area contributed by atoms with E-state index in [0.29, 0.717) is 18.6 Å². The number of fused-ring (bicyclic) bond motifs is 2. The molecule has 0 saturated heterocycles. The third kappa shape index (κ3) is 4.87. The summed E-state index contributed by atoms with van der Waals surface area (Å²) in [5.74, 6) is -7.75. The minimum Gasteiger partial charge on any atom is -0.393 e. The standard InChI is InChI=1S/C26H26ClF3N2O7S/c27-18-2-1-12(23(34)32-15-7-19(28)22(30)20(29)8-15)3-21(18)40(38,39)16-5-13-4-14(6-16)26(13,37)10-31-24(35)17-9-25(17,36)11-33/h1-3,7-8,13-14,16-17,33,36-37H,4-6,9-11H2,(H,31,35)(H,32,34). The van der Waals surface area contributed by atoms with Gasteiger partial charge in [0.25, 0.3) is 5.91 Å². The largest absolute Gasteiger partial charge is 0.393 e. The lowest BCUT2D eigenvalue weighted by atomic mass is 9.53. The van der Waals surface area contributed by atoms with Crippen molar-refractivity contribution in [2.45, 2.75) is 47.0 Å². The lowest BCUT2D eigenvalue weighted by Gasteiger charge is -2.58. The van der Waals surface area contributed by atoms with Gasteiger partial charge in [0, 0.05) is 29.9 Å². The van der Waals surface area contributed by atoms with E-state index in [0.717, 1.165) is 6.07 Å². The summed E-state index contributed by atoms with van der Waals surface area (Å²) in [5, 5.41) is 34.0. The molecular weight excluding hydrogens is 577 g/mol. The van der Waals surface area contributed by atoms with Crippen LogP contribution >= 0.6 is 11.6 Å². The molecule has 4 aliphatic rings. The fraction of sp³-hybridized carbons (Fsp3) is 0.462. The van der Waals surface area contributed by atoms with Crippen molar-refractivity contribution in [3.8, 4) is 0 Å². The van der Waals surface area contributed by atoms with Crippen molar-refractivity contribution in [3.05, 3.63) is 58.4 Å². The van der Waals surface area contributed by atoms with E-state index in [4.69, 9.17) is 16.7 Å². The molecule has 0 spiro atoms. The van der Waals surface area contributed by atoms with Crippen LogP contribution in [0.5, 0.6) is 0 Å². The molecule has 2 aromatic rings. The van der Waals surface area contributed by atoms with E-state index in [-0.39, 0.29) is 47.0 Å². The summed E-state index contributed by atoms with van der Waals surface area (Å²) >= 11 is 6.20. The molecule has 4 fully saturated rings. The molecule has 216 valence electrons. The van der Waals surface area contributed by atoms with E-state index in [1.54, 1.807) is 0 Å². The van der Waals surface area contributed by atoms with Gasteiger partial charge in [-0.1, -0.05) is 11.6 Å². The molecule has 0 radical (unpaired) electrons. The van der Waals surface area contributed by atoms with Crippen LogP contribution < -0.4 is 10.6 Å². The second kappa shape index (κ2) is 9.98. The number of amides is 2. The van der Waals surface area contributed by atoms with Crippen molar-refractivity contribution in [2.75, 3.05) is 18.5 Å². The number of aliphatic hydroxyl groups is 3. The quantitative estimate of drug-likeness (QED) is 0.290. The van der Waals surface area contributed by atoms with Crippen molar-refractivity contribution < 1.29 is 46.5 Å². The van der Waals surface area contributed by atoms with Crippen LogP contribution in [0.3, 0.4) is 0 Å². The molecule has 0 heterocycles. The van der Waals surface area contributed by atoms with Crippen LogP contribution in [0.2, 0.25) is 5.02 Å². The zero-order chi connectivity index (χ0) is 29.2. The van der Waals surface area contributed by atoms with Crippen LogP contribution in [-0.2, 0) is 14.6 Å². The third-order valence-corrected chi connectivity index (χ3v) is 11.1. The summed E-state index contributed by atoms with van der Waals surface area (Å²) in [5.41, 5.74) is -3.31. The smallest absolute Gasteiger partial charge is 0.255 e. The molecule has 2 aromatic carbocycles. The van der Waals surface area contributed by atoms with Crippen molar-refractivity contribution in [3.63, 3.8) is 0 Å². The molecule has 2 bridgehead atoms. The molecule has 4 atom stereocenters. The molecule has 4 unspecified atom stereocenters. The fourth-order valence-corrected chi connectivity index (χ4v) is 8.23. The highest BCUT2D eigenvalue weighted by molar-refractivity contribution is 7.92. The topological polar surface area (TPSA) is 153 Å². The van der Waals surface area contributed by atoms with Crippen molar-refractivity contribution in [2.24, 2.45) is 17.8 Å². The Morgan fingerprint density at radius 3 is 2.23 bits per heavy atom. The maximum atomic E-state index is 13.6. The van der Waals surface area contributed by atoms with E-state index >= 15 is 0 Å². The van der Waals surface area contributed by atoms with Crippen molar-refractivity contribution in [1.29, 1.82) is 0 Å². The summed E-state index contributed by atoms with van der Waals surface area (Å²) in [4.78, 5) is 24.7. The average Bonchev–Trinajstić information content (AvgIpc) is 3.62. The Morgan fingerprint density at radius 2 is 1.65 bits per heavy atom. The first-order chi connectivity index (χ1) is 18.7. The maximum absolute atomic E-state index is 13.6. The molecular formula is C26H26ClF3N2O7S. The molecule has 4 aliphatic carbocycles. The summed E-state index contributed by atoms with van der Waals surface area (Å²) in [6, 6.07) is 4.65. The van der Waals surface area contributed by atoms with Gasteiger partial charge in [0.15, 0.2) is 27.3 Å². The monoisotopic (exact) mass is 602 g/mol. The molecule has 4 saturated carbocycles. The predicted octanol–water partition coefficient (Wildman–Crippen LogP) is 2.17. The fourth-order valence-electron chi connectivity index (χ4n) is 5.83.